The number of allylic oxidation sites excluding steroid dienone is 5. The molecule has 1 aliphatic heterocycles. The number of nitrogens with one attached hydrogen (secondary N) is 1. The summed E-state index contributed by atoms with van der Waals surface area (Å²) < 4.78 is 19.7. The maximum atomic E-state index is 14.3. The Hall–Kier alpha value is -2.89. The third kappa shape index (κ3) is 3.91. The van der Waals surface area contributed by atoms with Gasteiger partial charge in [0.1, 0.15) is 18.3 Å². The molecule has 2 heterocycles. The molecule has 6 heteroatoms. The van der Waals surface area contributed by atoms with Crippen LogP contribution >= 0.6 is 0 Å². The molecule has 3 N–H and O–H groups in total. The molecule has 1 aromatic rings. The fourth-order valence-electron chi connectivity index (χ4n) is 4.98. The zero-order valence-corrected chi connectivity index (χ0v) is 18.4. The highest BCUT2D eigenvalue weighted by Crippen LogP contribution is 2.50. The number of esters is 1. The normalized spacial score (nSPS) is 23.9. The Kier molecular flexibility index (Phi) is 5.50. The maximum Gasteiger partial charge on any atom is 0.336 e. The van der Waals surface area contributed by atoms with Gasteiger partial charge < -0.3 is 15.8 Å². The Morgan fingerprint density at radius 1 is 1.48 bits per heavy atom. The average molecular weight is 424 g/mol. The molecule has 5 nitrogen and oxygen atoms in total. The monoisotopic (exact) mass is 423 g/mol. The summed E-state index contributed by atoms with van der Waals surface area (Å²) in [6.45, 7) is 10.0. The highest BCUT2D eigenvalue weighted by atomic mass is 19.1. The lowest BCUT2D eigenvalue weighted by atomic mass is 9.71. The first-order valence-corrected chi connectivity index (χ1v) is 10.8. The van der Waals surface area contributed by atoms with E-state index < -0.39 is 11.9 Å². The predicted molar refractivity (Wildman–Crippen MR) is 121 cm³/mol. The summed E-state index contributed by atoms with van der Waals surface area (Å²) in [5.74, 6) is -0.684. The van der Waals surface area contributed by atoms with Crippen LogP contribution in [0.3, 0.4) is 0 Å². The van der Waals surface area contributed by atoms with Crippen molar-refractivity contribution in [1.82, 2.24) is 4.98 Å². The quantitative estimate of drug-likeness (QED) is 0.519. The van der Waals surface area contributed by atoms with Gasteiger partial charge >= 0.3 is 5.97 Å². The number of anilines is 2. The van der Waals surface area contributed by atoms with Crippen molar-refractivity contribution in [2.75, 3.05) is 17.7 Å². The van der Waals surface area contributed by atoms with Crippen LogP contribution in [-0.2, 0) is 22.4 Å². The van der Waals surface area contributed by atoms with E-state index in [0.717, 1.165) is 36.1 Å². The Labute approximate surface area is 183 Å². The summed E-state index contributed by atoms with van der Waals surface area (Å²) >= 11 is 0. The van der Waals surface area contributed by atoms with Gasteiger partial charge in [0, 0.05) is 35.0 Å². The Morgan fingerprint density at radius 3 is 2.97 bits per heavy atom. The molecule has 3 aliphatic rings. The lowest BCUT2D eigenvalue weighted by Gasteiger charge is -2.38. The van der Waals surface area contributed by atoms with Crippen LogP contribution in [0.5, 0.6) is 0 Å². The average Bonchev–Trinajstić information content (AvgIpc) is 2.71. The van der Waals surface area contributed by atoms with Crippen LogP contribution in [0.2, 0.25) is 0 Å². The number of fused-ring (bicyclic) bond motifs is 2. The Bertz CT molecular complexity index is 1040. The first-order valence-electron chi connectivity index (χ1n) is 10.8. The van der Waals surface area contributed by atoms with Gasteiger partial charge in [-0.2, -0.15) is 0 Å². The number of aromatic nitrogens is 1. The number of aryl methyl sites for hydroxylation is 1. The van der Waals surface area contributed by atoms with Gasteiger partial charge in [-0.15, -0.1) is 0 Å². The first-order chi connectivity index (χ1) is 14.7. The second-order valence-electron chi connectivity index (χ2n) is 9.45. The number of nitrogens with zero attached hydrogens (tertiary/aromatic N) is 1. The topological polar surface area (TPSA) is 77.2 Å². The van der Waals surface area contributed by atoms with Crippen LogP contribution in [0.15, 0.2) is 48.0 Å². The number of hydrogen-bond acceptors (Lipinski definition) is 5. The second kappa shape index (κ2) is 7.98. The van der Waals surface area contributed by atoms with Crippen molar-refractivity contribution in [3.05, 3.63) is 64.8 Å². The molecular weight excluding hydrogens is 393 g/mol. The van der Waals surface area contributed by atoms with E-state index in [2.05, 4.69) is 25.7 Å². The lowest BCUT2D eigenvalue weighted by Crippen LogP contribution is -2.32. The molecule has 0 fully saturated rings. The molecule has 0 saturated heterocycles. The van der Waals surface area contributed by atoms with Gasteiger partial charge in [0.05, 0.1) is 5.57 Å². The SMILES string of the molecule is C=CCOC(=O)C1=C(C)Nc2nc3c(c(N)c2C1C1C=CC=C(F)C1)CC(C)(C)CC3. The van der Waals surface area contributed by atoms with Crippen LogP contribution in [0.25, 0.3) is 0 Å². The van der Waals surface area contributed by atoms with Gasteiger partial charge in [-0.05, 0) is 49.2 Å². The van der Waals surface area contributed by atoms with E-state index in [0.29, 0.717) is 22.8 Å². The van der Waals surface area contributed by atoms with E-state index >= 15 is 0 Å². The first kappa shape index (κ1) is 21.3. The van der Waals surface area contributed by atoms with E-state index in [9.17, 15) is 9.18 Å². The molecule has 1 aromatic heterocycles. The van der Waals surface area contributed by atoms with Crippen LogP contribution in [0.1, 0.15) is 56.4 Å². The number of carbonyl (C=O) groups excluding carboxylic acids is 1. The number of pyridine rings is 1. The van der Waals surface area contributed by atoms with E-state index in [1.165, 1.54) is 12.2 Å². The van der Waals surface area contributed by atoms with E-state index in [1.54, 1.807) is 6.08 Å². The molecule has 0 bridgehead atoms. The van der Waals surface area contributed by atoms with Crippen molar-refractivity contribution in [3.8, 4) is 0 Å². The Balaban J connectivity index is 1.87. The van der Waals surface area contributed by atoms with E-state index in [4.69, 9.17) is 15.5 Å². The van der Waals surface area contributed by atoms with Crippen LogP contribution in [-0.4, -0.2) is 17.6 Å². The molecule has 2 unspecified atom stereocenters. The van der Waals surface area contributed by atoms with Gasteiger partial charge in [0.2, 0.25) is 0 Å². The van der Waals surface area contributed by atoms with Gasteiger partial charge in [0.15, 0.2) is 0 Å². The van der Waals surface area contributed by atoms with Crippen molar-refractivity contribution in [1.29, 1.82) is 0 Å². The van der Waals surface area contributed by atoms with Crippen LogP contribution in [0.4, 0.5) is 15.9 Å². The minimum absolute atomic E-state index is 0.107. The fourth-order valence-corrected chi connectivity index (χ4v) is 4.98. The number of hydrogen-bond donors (Lipinski definition) is 2. The fraction of sp³-hybridized carbons (Fsp3) is 0.440. The highest BCUT2D eigenvalue weighted by Gasteiger charge is 2.41. The minimum Gasteiger partial charge on any atom is -0.458 e. The van der Waals surface area contributed by atoms with Crippen molar-refractivity contribution in [3.63, 3.8) is 0 Å². The van der Waals surface area contributed by atoms with Crippen LogP contribution < -0.4 is 11.1 Å². The third-order valence-electron chi connectivity index (χ3n) is 6.54. The van der Waals surface area contributed by atoms with Gasteiger partial charge in [0.25, 0.3) is 0 Å². The second-order valence-corrected chi connectivity index (χ2v) is 9.45. The molecule has 0 radical (unpaired) electrons. The molecule has 164 valence electrons. The molecule has 0 spiro atoms. The van der Waals surface area contributed by atoms with Gasteiger partial charge in [-0.3, -0.25) is 0 Å². The summed E-state index contributed by atoms with van der Waals surface area (Å²) in [6, 6.07) is 0. The lowest BCUT2D eigenvalue weighted by molar-refractivity contribution is -0.138. The van der Waals surface area contributed by atoms with Gasteiger partial charge in [-0.1, -0.05) is 38.7 Å². The summed E-state index contributed by atoms with van der Waals surface area (Å²) in [4.78, 5) is 18.0. The number of nitrogens with two attached hydrogens (primary N) is 1. The van der Waals surface area contributed by atoms with E-state index in [-0.39, 0.29) is 30.2 Å². The molecule has 0 amide bonds. The van der Waals surface area contributed by atoms with Crippen molar-refractivity contribution in [2.45, 2.75) is 52.4 Å². The van der Waals surface area contributed by atoms with Crippen molar-refractivity contribution in [2.24, 2.45) is 11.3 Å². The molecular formula is C25H30FN3O2. The smallest absolute Gasteiger partial charge is 0.336 e. The number of halogens is 1. The summed E-state index contributed by atoms with van der Waals surface area (Å²) in [7, 11) is 0. The van der Waals surface area contributed by atoms with Crippen molar-refractivity contribution >= 4 is 17.5 Å². The maximum absolute atomic E-state index is 14.3. The van der Waals surface area contributed by atoms with Crippen molar-refractivity contribution < 1.29 is 13.9 Å². The largest absolute Gasteiger partial charge is 0.458 e. The standard InChI is InChI=1S/C25H30FN3O2/c1-5-11-31-24(30)19-14(2)28-23-21(20(19)15-7-6-8-16(26)12-15)22(27)17-13-25(3,4)10-9-18(17)29-23/h5-8,15,20H,1,9-13H2,2-4H3,(H3,27,28,29). The molecule has 2 atom stereocenters. The highest BCUT2D eigenvalue weighted by molar-refractivity contribution is 5.94. The molecule has 0 aromatic carbocycles. The zero-order valence-electron chi connectivity index (χ0n) is 18.4. The van der Waals surface area contributed by atoms with E-state index in [1.807, 2.05) is 13.0 Å². The summed E-state index contributed by atoms with van der Waals surface area (Å²) in [5.41, 5.74) is 11.6. The predicted octanol–water partition coefficient (Wildman–Crippen LogP) is 5.12. The Morgan fingerprint density at radius 2 is 2.26 bits per heavy atom. The number of carbonyl (C=O) groups is 1. The number of ether oxygens (including phenoxy) is 1. The minimum atomic E-state index is -0.443. The number of rotatable bonds is 4. The molecule has 4 rings (SSSR count). The molecule has 2 aliphatic carbocycles. The molecule has 0 saturated carbocycles. The van der Waals surface area contributed by atoms with Gasteiger partial charge in [-0.25, -0.2) is 14.2 Å². The van der Waals surface area contributed by atoms with Crippen LogP contribution in [0, 0.1) is 11.3 Å². The molecule has 31 heavy (non-hydrogen) atoms. The third-order valence-corrected chi connectivity index (χ3v) is 6.54. The summed E-state index contributed by atoms with van der Waals surface area (Å²) in [6.07, 6.45) is 9.58. The summed E-state index contributed by atoms with van der Waals surface area (Å²) in [5, 5.41) is 3.29. The number of nitrogen functional groups attached to an aromatic ring is 1. The zero-order chi connectivity index (χ0) is 22.3.